The van der Waals surface area contributed by atoms with Gasteiger partial charge in [-0.15, -0.1) is 0 Å². The van der Waals surface area contributed by atoms with Crippen molar-refractivity contribution in [3.63, 3.8) is 0 Å². The zero-order valence-electron chi connectivity index (χ0n) is 17.4. The highest BCUT2D eigenvalue weighted by Gasteiger charge is 2.20. The highest BCUT2D eigenvalue weighted by atomic mass is 16.2. The van der Waals surface area contributed by atoms with Crippen LogP contribution < -0.4 is 16.1 Å². The monoisotopic (exact) mass is 393 g/mol. The molecule has 0 saturated heterocycles. The molecule has 0 spiro atoms. The highest BCUT2D eigenvalue weighted by molar-refractivity contribution is 5.94. The van der Waals surface area contributed by atoms with Crippen molar-refractivity contribution in [2.24, 2.45) is 0 Å². The summed E-state index contributed by atoms with van der Waals surface area (Å²) in [6.45, 7) is 8.01. The van der Waals surface area contributed by atoms with Crippen molar-refractivity contribution in [1.29, 1.82) is 0 Å². The standard InChI is InChI=1S/C23H27N3O3/c1-5-17(4)26-22(28)19-12-7-8-13-20(19)25(23(26)29)15-21(27)24(6-2)18-11-9-10-16(3)14-18/h7-14,17H,5-6,15H2,1-4H3/t17-/m1/s1. The van der Waals surface area contributed by atoms with Crippen molar-refractivity contribution in [3.8, 4) is 0 Å². The number of carbonyl (C=O) groups is 1. The van der Waals surface area contributed by atoms with Gasteiger partial charge in [0.2, 0.25) is 5.91 Å². The van der Waals surface area contributed by atoms with Crippen LogP contribution in [-0.4, -0.2) is 21.6 Å². The van der Waals surface area contributed by atoms with Crippen LogP contribution in [0, 0.1) is 6.92 Å². The molecule has 0 radical (unpaired) electrons. The van der Waals surface area contributed by atoms with E-state index in [0.717, 1.165) is 11.3 Å². The minimum absolute atomic E-state index is 0.127. The van der Waals surface area contributed by atoms with E-state index < -0.39 is 5.69 Å². The summed E-state index contributed by atoms with van der Waals surface area (Å²) in [5.41, 5.74) is 1.58. The van der Waals surface area contributed by atoms with Crippen molar-refractivity contribution >= 4 is 22.5 Å². The zero-order chi connectivity index (χ0) is 21.1. The molecule has 1 aromatic heterocycles. The average Bonchev–Trinajstić information content (AvgIpc) is 2.71. The Bertz CT molecular complexity index is 1160. The SMILES string of the molecule is CC[C@@H](C)n1c(=O)c2ccccc2n(CC(=O)N(CC)c2cccc(C)c2)c1=O. The minimum atomic E-state index is -0.448. The third kappa shape index (κ3) is 3.88. The fraction of sp³-hybridized carbons (Fsp3) is 0.348. The van der Waals surface area contributed by atoms with E-state index in [0.29, 0.717) is 23.9 Å². The van der Waals surface area contributed by atoms with Crippen LogP contribution in [0.2, 0.25) is 0 Å². The molecule has 0 aliphatic carbocycles. The summed E-state index contributed by atoms with van der Waals surface area (Å²) in [5.74, 6) is -0.195. The van der Waals surface area contributed by atoms with E-state index in [1.54, 1.807) is 29.2 Å². The predicted octanol–water partition coefficient (Wildman–Crippen LogP) is 3.50. The van der Waals surface area contributed by atoms with Gasteiger partial charge < -0.3 is 4.90 Å². The van der Waals surface area contributed by atoms with Crippen molar-refractivity contribution in [1.82, 2.24) is 9.13 Å². The molecule has 3 aromatic rings. The Kier molecular flexibility index (Phi) is 6.01. The first-order valence-corrected chi connectivity index (χ1v) is 10.00. The molecular weight excluding hydrogens is 366 g/mol. The van der Waals surface area contributed by atoms with Crippen LogP contribution in [0.1, 0.15) is 38.8 Å². The highest BCUT2D eigenvalue weighted by Crippen LogP contribution is 2.17. The molecule has 1 atom stereocenters. The molecule has 2 aromatic carbocycles. The summed E-state index contributed by atoms with van der Waals surface area (Å²) in [5, 5.41) is 0.443. The number of fused-ring (bicyclic) bond motifs is 1. The normalized spacial score (nSPS) is 12.1. The summed E-state index contributed by atoms with van der Waals surface area (Å²) < 4.78 is 2.68. The van der Waals surface area contributed by atoms with Crippen LogP contribution >= 0.6 is 0 Å². The molecule has 0 N–H and O–H groups in total. The van der Waals surface area contributed by atoms with Crippen LogP contribution in [0.3, 0.4) is 0 Å². The molecule has 6 nitrogen and oxygen atoms in total. The second-order valence-electron chi connectivity index (χ2n) is 7.30. The lowest BCUT2D eigenvalue weighted by Gasteiger charge is -2.23. The van der Waals surface area contributed by atoms with Gasteiger partial charge in [0.15, 0.2) is 0 Å². The molecule has 0 unspecified atom stereocenters. The maximum atomic E-state index is 13.2. The van der Waals surface area contributed by atoms with E-state index in [9.17, 15) is 14.4 Å². The lowest BCUT2D eigenvalue weighted by Crippen LogP contribution is -2.44. The van der Waals surface area contributed by atoms with E-state index in [-0.39, 0.29) is 24.1 Å². The summed E-state index contributed by atoms with van der Waals surface area (Å²) in [6.07, 6.45) is 0.645. The van der Waals surface area contributed by atoms with Gasteiger partial charge in [0, 0.05) is 18.3 Å². The smallest absolute Gasteiger partial charge is 0.311 e. The Hall–Kier alpha value is -3.15. The van der Waals surface area contributed by atoms with Gasteiger partial charge in [-0.3, -0.25) is 18.7 Å². The van der Waals surface area contributed by atoms with Crippen LogP contribution in [-0.2, 0) is 11.3 Å². The van der Waals surface area contributed by atoms with Crippen LogP contribution in [0.15, 0.2) is 58.1 Å². The van der Waals surface area contributed by atoms with Crippen LogP contribution in [0.4, 0.5) is 5.69 Å². The molecule has 0 saturated carbocycles. The Morgan fingerprint density at radius 2 is 1.79 bits per heavy atom. The second kappa shape index (κ2) is 8.47. The van der Waals surface area contributed by atoms with Crippen LogP contribution in [0.25, 0.3) is 10.9 Å². The van der Waals surface area contributed by atoms with E-state index in [4.69, 9.17) is 0 Å². The molecule has 1 heterocycles. The lowest BCUT2D eigenvalue weighted by atomic mass is 10.2. The molecule has 152 valence electrons. The first-order valence-electron chi connectivity index (χ1n) is 10.00. The number of carbonyl (C=O) groups excluding carboxylic acids is 1. The Morgan fingerprint density at radius 1 is 1.07 bits per heavy atom. The number of nitrogens with zero attached hydrogens (tertiary/aromatic N) is 3. The summed E-state index contributed by atoms with van der Waals surface area (Å²) in [7, 11) is 0. The van der Waals surface area contributed by atoms with Gasteiger partial charge in [-0.05, 0) is 57.0 Å². The third-order valence-corrected chi connectivity index (χ3v) is 5.34. The maximum absolute atomic E-state index is 13.2. The van der Waals surface area contributed by atoms with Crippen molar-refractivity contribution in [2.75, 3.05) is 11.4 Å². The summed E-state index contributed by atoms with van der Waals surface area (Å²) in [4.78, 5) is 40.9. The quantitative estimate of drug-likeness (QED) is 0.644. The number of hydrogen-bond acceptors (Lipinski definition) is 3. The fourth-order valence-electron chi connectivity index (χ4n) is 3.58. The van der Waals surface area contributed by atoms with E-state index in [2.05, 4.69) is 0 Å². The summed E-state index contributed by atoms with van der Waals surface area (Å²) >= 11 is 0. The largest absolute Gasteiger partial charge is 0.332 e. The maximum Gasteiger partial charge on any atom is 0.332 e. The molecule has 0 aliphatic heterocycles. The van der Waals surface area contributed by atoms with Gasteiger partial charge >= 0.3 is 5.69 Å². The first-order chi connectivity index (χ1) is 13.9. The molecule has 0 bridgehead atoms. The fourth-order valence-corrected chi connectivity index (χ4v) is 3.58. The molecule has 6 heteroatoms. The number of hydrogen-bond donors (Lipinski definition) is 0. The minimum Gasteiger partial charge on any atom is -0.311 e. The molecule has 3 rings (SSSR count). The van der Waals surface area contributed by atoms with Gasteiger partial charge in [-0.25, -0.2) is 4.79 Å². The molecule has 0 aliphatic rings. The van der Waals surface area contributed by atoms with Gasteiger partial charge in [-0.2, -0.15) is 0 Å². The second-order valence-corrected chi connectivity index (χ2v) is 7.30. The number of anilines is 1. The predicted molar refractivity (Wildman–Crippen MR) is 117 cm³/mol. The van der Waals surface area contributed by atoms with E-state index in [1.807, 2.05) is 52.0 Å². The number of aryl methyl sites for hydroxylation is 1. The molecular formula is C23H27N3O3. The molecule has 0 fully saturated rings. The van der Waals surface area contributed by atoms with E-state index >= 15 is 0 Å². The van der Waals surface area contributed by atoms with Gasteiger partial charge in [0.25, 0.3) is 5.56 Å². The van der Waals surface area contributed by atoms with Crippen molar-refractivity contribution in [3.05, 3.63) is 74.9 Å². The number of aromatic nitrogens is 2. The molecule has 29 heavy (non-hydrogen) atoms. The number of para-hydroxylation sites is 1. The number of amides is 1. The van der Waals surface area contributed by atoms with Gasteiger partial charge in [0.1, 0.15) is 6.54 Å². The Morgan fingerprint density at radius 3 is 2.45 bits per heavy atom. The topological polar surface area (TPSA) is 64.3 Å². The number of benzene rings is 2. The van der Waals surface area contributed by atoms with Gasteiger partial charge in [0.05, 0.1) is 10.9 Å². The van der Waals surface area contributed by atoms with E-state index in [1.165, 1.54) is 9.13 Å². The first kappa shape index (κ1) is 20.6. The number of likely N-dealkylation sites (N-methyl/N-ethyl adjacent to an activating group) is 1. The average molecular weight is 393 g/mol. The van der Waals surface area contributed by atoms with Crippen molar-refractivity contribution in [2.45, 2.75) is 46.7 Å². The number of rotatable bonds is 6. The zero-order valence-corrected chi connectivity index (χ0v) is 17.4. The lowest BCUT2D eigenvalue weighted by molar-refractivity contribution is -0.119. The Balaban J connectivity index is 2.13. The van der Waals surface area contributed by atoms with Gasteiger partial charge in [-0.1, -0.05) is 31.2 Å². The third-order valence-electron chi connectivity index (χ3n) is 5.34. The summed E-state index contributed by atoms with van der Waals surface area (Å²) in [6, 6.07) is 14.4. The van der Waals surface area contributed by atoms with Crippen molar-refractivity contribution < 1.29 is 4.79 Å². The Labute approximate surface area is 170 Å². The molecule has 1 amide bonds. The van der Waals surface area contributed by atoms with Crippen LogP contribution in [0.5, 0.6) is 0 Å².